The first-order valence-corrected chi connectivity index (χ1v) is 7.36. The number of aryl methyl sites for hydroxylation is 1. The highest BCUT2D eigenvalue weighted by atomic mass is 32.1. The van der Waals surface area contributed by atoms with Gasteiger partial charge in [0.1, 0.15) is 5.00 Å². The van der Waals surface area contributed by atoms with E-state index >= 15 is 0 Å². The van der Waals surface area contributed by atoms with E-state index in [0.29, 0.717) is 5.92 Å². The third-order valence-corrected chi connectivity index (χ3v) is 4.36. The van der Waals surface area contributed by atoms with E-state index in [4.69, 9.17) is 0 Å². The molecule has 1 N–H and O–H groups in total. The van der Waals surface area contributed by atoms with Gasteiger partial charge in [0.15, 0.2) is 0 Å². The molecule has 3 heteroatoms. The van der Waals surface area contributed by atoms with E-state index in [1.165, 1.54) is 40.4 Å². The zero-order chi connectivity index (χ0) is 12.5. The average Bonchev–Trinajstić information content (AvgIpc) is 2.94. The molecule has 1 aliphatic carbocycles. The lowest BCUT2D eigenvalue weighted by Gasteiger charge is -2.09. The van der Waals surface area contributed by atoms with Gasteiger partial charge in [0.25, 0.3) is 0 Å². The van der Waals surface area contributed by atoms with E-state index in [1.807, 2.05) is 0 Å². The van der Waals surface area contributed by atoms with Crippen LogP contribution in [0, 0.1) is 0 Å². The first-order chi connectivity index (χ1) is 8.74. The molecule has 0 bridgehead atoms. The SMILES string of the molecule is CC(C)c1cccc(Nc2snc3c2CCC3)c1. The molecule has 0 fully saturated rings. The van der Waals surface area contributed by atoms with Crippen LogP contribution in [0.3, 0.4) is 0 Å². The molecule has 2 aromatic rings. The molecule has 0 spiro atoms. The molecule has 1 aromatic heterocycles. The summed E-state index contributed by atoms with van der Waals surface area (Å²) in [5.41, 5.74) is 5.30. The molecule has 0 atom stereocenters. The molecule has 1 aliphatic rings. The fraction of sp³-hybridized carbons (Fsp3) is 0.400. The molecule has 3 rings (SSSR count). The van der Waals surface area contributed by atoms with Crippen molar-refractivity contribution in [2.45, 2.75) is 39.0 Å². The first kappa shape index (κ1) is 11.7. The number of nitrogens with one attached hydrogen (secondary N) is 1. The number of nitrogens with zero attached hydrogens (tertiary/aromatic N) is 1. The highest BCUT2D eigenvalue weighted by molar-refractivity contribution is 7.10. The van der Waals surface area contributed by atoms with E-state index in [-0.39, 0.29) is 0 Å². The Morgan fingerprint density at radius 1 is 1.28 bits per heavy atom. The summed E-state index contributed by atoms with van der Waals surface area (Å²) in [6.07, 6.45) is 3.59. The van der Waals surface area contributed by atoms with Crippen molar-refractivity contribution in [2.24, 2.45) is 0 Å². The van der Waals surface area contributed by atoms with Gasteiger partial charge in [0.2, 0.25) is 0 Å². The molecule has 1 aromatic carbocycles. The van der Waals surface area contributed by atoms with Crippen LogP contribution in [-0.4, -0.2) is 4.37 Å². The van der Waals surface area contributed by atoms with Gasteiger partial charge in [-0.25, -0.2) is 0 Å². The maximum Gasteiger partial charge on any atom is 0.117 e. The molecular weight excluding hydrogens is 240 g/mol. The molecule has 1 heterocycles. The molecule has 0 radical (unpaired) electrons. The Morgan fingerprint density at radius 2 is 2.17 bits per heavy atom. The van der Waals surface area contributed by atoms with Crippen LogP contribution in [-0.2, 0) is 12.8 Å². The summed E-state index contributed by atoms with van der Waals surface area (Å²) in [5, 5.41) is 4.77. The summed E-state index contributed by atoms with van der Waals surface area (Å²) in [7, 11) is 0. The van der Waals surface area contributed by atoms with E-state index in [0.717, 1.165) is 6.42 Å². The third kappa shape index (κ3) is 2.15. The number of benzene rings is 1. The lowest BCUT2D eigenvalue weighted by Crippen LogP contribution is -1.93. The van der Waals surface area contributed by atoms with Crippen molar-refractivity contribution in [1.82, 2.24) is 4.37 Å². The maximum absolute atomic E-state index is 4.53. The Balaban J connectivity index is 1.86. The van der Waals surface area contributed by atoms with Crippen molar-refractivity contribution in [3.8, 4) is 0 Å². The summed E-state index contributed by atoms with van der Waals surface area (Å²) in [6, 6.07) is 8.69. The number of rotatable bonds is 3. The normalized spacial score (nSPS) is 13.9. The van der Waals surface area contributed by atoms with Crippen LogP contribution < -0.4 is 5.32 Å². The van der Waals surface area contributed by atoms with Gasteiger partial charge in [-0.2, -0.15) is 4.37 Å². The van der Waals surface area contributed by atoms with Crippen molar-refractivity contribution in [3.63, 3.8) is 0 Å². The number of anilines is 2. The second kappa shape index (κ2) is 4.73. The molecule has 0 aliphatic heterocycles. The molecular formula is C15H18N2S. The van der Waals surface area contributed by atoms with Gasteiger partial charge in [-0.1, -0.05) is 26.0 Å². The van der Waals surface area contributed by atoms with Crippen LogP contribution >= 0.6 is 11.5 Å². The summed E-state index contributed by atoms with van der Waals surface area (Å²) >= 11 is 1.60. The molecule has 94 valence electrons. The van der Waals surface area contributed by atoms with Crippen LogP contribution in [0.2, 0.25) is 0 Å². The van der Waals surface area contributed by atoms with Crippen LogP contribution in [0.25, 0.3) is 0 Å². The van der Waals surface area contributed by atoms with E-state index in [1.54, 1.807) is 11.5 Å². The summed E-state index contributed by atoms with van der Waals surface area (Å²) in [5.74, 6) is 0.568. The smallest absolute Gasteiger partial charge is 0.117 e. The standard InChI is InChI=1S/C15H18N2S/c1-10(2)11-5-3-6-12(9-11)16-15-13-7-4-8-14(13)17-18-15/h3,5-6,9-10,16H,4,7-8H2,1-2H3. The van der Waals surface area contributed by atoms with Crippen LogP contribution in [0.4, 0.5) is 10.7 Å². The van der Waals surface area contributed by atoms with E-state index < -0.39 is 0 Å². The van der Waals surface area contributed by atoms with Crippen molar-refractivity contribution in [3.05, 3.63) is 41.1 Å². The second-order valence-electron chi connectivity index (χ2n) is 5.20. The van der Waals surface area contributed by atoms with Crippen LogP contribution in [0.1, 0.15) is 43.0 Å². The van der Waals surface area contributed by atoms with Crippen molar-refractivity contribution >= 4 is 22.2 Å². The Bertz CT molecular complexity index is 557. The molecule has 0 unspecified atom stereocenters. The average molecular weight is 258 g/mol. The fourth-order valence-corrected chi connectivity index (χ4v) is 3.33. The van der Waals surface area contributed by atoms with E-state index in [2.05, 4.69) is 47.8 Å². The van der Waals surface area contributed by atoms with Gasteiger partial charge in [-0.05, 0) is 54.4 Å². The summed E-state index contributed by atoms with van der Waals surface area (Å²) < 4.78 is 4.53. The third-order valence-electron chi connectivity index (χ3n) is 3.52. The molecule has 18 heavy (non-hydrogen) atoms. The Kier molecular flexibility index (Phi) is 3.08. The zero-order valence-electron chi connectivity index (χ0n) is 10.9. The Hall–Kier alpha value is -1.35. The molecule has 0 saturated carbocycles. The predicted octanol–water partition coefficient (Wildman–Crippen LogP) is 4.50. The predicted molar refractivity (Wildman–Crippen MR) is 78.0 cm³/mol. The minimum Gasteiger partial charge on any atom is -0.346 e. The van der Waals surface area contributed by atoms with Gasteiger partial charge in [0.05, 0.1) is 5.69 Å². The lowest BCUT2D eigenvalue weighted by molar-refractivity contribution is 0.867. The van der Waals surface area contributed by atoms with Crippen LogP contribution in [0.15, 0.2) is 24.3 Å². The monoisotopic (exact) mass is 258 g/mol. The summed E-state index contributed by atoms with van der Waals surface area (Å²) in [6.45, 7) is 4.45. The quantitative estimate of drug-likeness (QED) is 0.876. The topological polar surface area (TPSA) is 24.9 Å². The van der Waals surface area contributed by atoms with Crippen LogP contribution in [0.5, 0.6) is 0 Å². The van der Waals surface area contributed by atoms with Crippen molar-refractivity contribution < 1.29 is 0 Å². The highest BCUT2D eigenvalue weighted by Gasteiger charge is 2.18. The van der Waals surface area contributed by atoms with Crippen molar-refractivity contribution in [1.29, 1.82) is 0 Å². The number of aromatic nitrogens is 1. The van der Waals surface area contributed by atoms with Gasteiger partial charge in [-0.3, -0.25) is 0 Å². The molecule has 0 saturated heterocycles. The minimum atomic E-state index is 0.568. The van der Waals surface area contributed by atoms with Gasteiger partial charge < -0.3 is 5.32 Å². The fourth-order valence-electron chi connectivity index (χ4n) is 2.43. The minimum absolute atomic E-state index is 0.568. The number of hydrogen-bond acceptors (Lipinski definition) is 3. The molecule has 0 amide bonds. The van der Waals surface area contributed by atoms with Gasteiger partial charge in [0, 0.05) is 11.3 Å². The summed E-state index contributed by atoms with van der Waals surface area (Å²) in [4.78, 5) is 0. The van der Waals surface area contributed by atoms with E-state index in [9.17, 15) is 0 Å². The maximum atomic E-state index is 4.53. The largest absolute Gasteiger partial charge is 0.346 e. The van der Waals surface area contributed by atoms with Crippen molar-refractivity contribution in [2.75, 3.05) is 5.32 Å². The van der Waals surface area contributed by atoms with Gasteiger partial charge in [-0.15, -0.1) is 0 Å². The second-order valence-corrected chi connectivity index (χ2v) is 5.97. The zero-order valence-corrected chi connectivity index (χ0v) is 11.7. The lowest BCUT2D eigenvalue weighted by atomic mass is 10.0. The number of hydrogen-bond donors (Lipinski definition) is 1. The first-order valence-electron chi connectivity index (χ1n) is 6.58. The van der Waals surface area contributed by atoms with Gasteiger partial charge >= 0.3 is 0 Å². The highest BCUT2D eigenvalue weighted by Crippen LogP contribution is 2.34. The molecule has 2 nitrogen and oxygen atoms in total. The Labute approximate surface area is 112 Å². The number of fused-ring (bicyclic) bond motifs is 1. The Morgan fingerprint density at radius 3 is 3.00 bits per heavy atom.